The average Bonchev–Trinajstić information content (AvgIpc) is 3.55. The summed E-state index contributed by atoms with van der Waals surface area (Å²) in [6.07, 6.45) is -0.0101. The summed E-state index contributed by atoms with van der Waals surface area (Å²) < 4.78 is 48.3. The van der Waals surface area contributed by atoms with Gasteiger partial charge in [-0.2, -0.15) is 0 Å². The molecule has 8 nitrogen and oxygen atoms in total. The van der Waals surface area contributed by atoms with Crippen LogP contribution in [-0.4, -0.2) is 45.5 Å². The number of benzene rings is 1. The molecular formula is C25H26F3N5O3. The summed E-state index contributed by atoms with van der Waals surface area (Å²) in [6.45, 7) is 2.15. The van der Waals surface area contributed by atoms with Crippen molar-refractivity contribution in [1.82, 2.24) is 19.4 Å². The number of alkyl halides is 2. The Morgan fingerprint density at radius 3 is 2.64 bits per heavy atom. The first-order chi connectivity index (χ1) is 17.1. The summed E-state index contributed by atoms with van der Waals surface area (Å²) in [5, 5.41) is 3.51. The van der Waals surface area contributed by atoms with E-state index in [1.165, 1.54) is 30.0 Å². The number of hydrogen-bond acceptors (Lipinski definition) is 6. The fraction of sp³-hybridized carbons (Fsp3) is 0.440. The van der Waals surface area contributed by atoms with Crippen molar-refractivity contribution < 1.29 is 22.7 Å². The van der Waals surface area contributed by atoms with E-state index >= 15 is 0 Å². The standard InChI is InChI=1S/C25H26F3N5O3/c1-14(34)33-11-24(7-8-24)25(12-33,36-3)18-9-17-21(30-13-31-22(17)32(2)23(18)35)29-10-15-5-4-6-16(19(15)26)20(27)28/h4-6,9,13,20H,7-8,10-12H2,1-3H3,(H,29,30,31). The molecule has 1 saturated carbocycles. The molecule has 1 amide bonds. The van der Waals surface area contributed by atoms with E-state index in [-0.39, 0.29) is 35.5 Å². The first-order valence-electron chi connectivity index (χ1n) is 11.6. The van der Waals surface area contributed by atoms with Crippen LogP contribution >= 0.6 is 0 Å². The van der Waals surface area contributed by atoms with Gasteiger partial charge in [0.15, 0.2) is 0 Å². The highest BCUT2D eigenvalue weighted by molar-refractivity contribution is 5.87. The number of carbonyl (C=O) groups excluding carboxylic acids is 1. The zero-order valence-corrected chi connectivity index (χ0v) is 20.1. The molecule has 11 heteroatoms. The van der Waals surface area contributed by atoms with Crippen LogP contribution in [0.4, 0.5) is 19.0 Å². The van der Waals surface area contributed by atoms with Crippen LogP contribution in [0.15, 0.2) is 35.4 Å². The smallest absolute Gasteiger partial charge is 0.266 e. The summed E-state index contributed by atoms with van der Waals surface area (Å²) in [5.74, 6) is -0.747. The van der Waals surface area contributed by atoms with Crippen LogP contribution in [0.2, 0.25) is 0 Å². The molecule has 190 valence electrons. The van der Waals surface area contributed by atoms with Crippen LogP contribution in [-0.2, 0) is 28.7 Å². The molecule has 3 heterocycles. The minimum absolute atomic E-state index is 0.0581. The Labute approximate surface area is 205 Å². The number of rotatable bonds is 6. The normalized spacial score (nSPS) is 20.5. The highest BCUT2D eigenvalue weighted by Crippen LogP contribution is 2.63. The fourth-order valence-electron chi connectivity index (χ4n) is 5.47. The molecule has 1 aliphatic carbocycles. The van der Waals surface area contributed by atoms with Gasteiger partial charge in [-0.25, -0.2) is 23.1 Å². The molecule has 1 atom stereocenters. The molecule has 2 aliphatic rings. The lowest BCUT2D eigenvalue weighted by molar-refractivity contribution is -0.129. The van der Waals surface area contributed by atoms with Gasteiger partial charge in [0.25, 0.3) is 12.0 Å². The summed E-state index contributed by atoms with van der Waals surface area (Å²) in [4.78, 5) is 36.0. The SMILES string of the molecule is COC1(c2cc3c(NCc4cccc(C(F)F)c4F)ncnc3n(C)c2=O)CN(C(C)=O)CC12CC2. The molecule has 3 aromatic rings. The highest BCUT2D eigenvalue weighted by atomic mass is 19.3. The Balaban J connectivity index is 1.59. The van der Waals surface area contributed by atoms with Gasteiger partial charge in [0.1, 0.15) is 29.2 Å². The zero-order chi connectivity index (χ0) is 25.8. The number of halogens is 3. The van der Waals surface area contributed by atoms with E-state index in [0.29, 0.717) is 29.0 Å². The Morgan fingerprint density at radius 1 is 1.25 bits per heavy atom. The first kappa shape index (κ1) is 24.2. The molecule has 1 unspecified atom stereocenters. The number of anilines is 1. The second-order valence-electron chi connectivity index (χ2n) is 9.54. The van der Waals surface area contributed by atoms with Crippen molar-refractivity contribution in [3.8, 4) is 0 Å². The Kier molecular flexibility index (Phi) is 5.77. The van der Waals surface area contributed by atoms with Crippen molar-refractivity contribution in [2.45, 2.75) is 38.3 Å². The van der Waals surface area contributed by atoms with E-state index in [2.05, 4.69) is 15.3 Å². The summed E-state index contributed by atoms with van der Waals surface area (Å²) in [5.41, 5.74) is -1.50. The monoisotopic (exact) mass is 501 g/mol. The average molecular weight is 502 g/mol. The van der Waals surface area contributed by atoms with E-state index in [0.717, 1.165) is 18.9 Å². The lowest BCUT2D eigenvalue weighted by Gasteiger charge is -2.33. The molecule has 0 bridgehead atoms. The van der Waals surface area contributed by atoms with Gasteiger partial charge in [-0.15, -0.1) is 0 Å². The molecule has 1 saturated heterocycles. The molecule has 1 spiro atoms. The van der Waals surface area contributed by atoms with Crippen LogP contribution in [0, 0.1) is 11.2 Å². The maximum Gasteiger partial charge on any atom is 0.266 e. The molecular weight excluding hydrogens is 475 g/mol. The van der Waals surface area contributed by atoms with Gasteiger partial charge in [-0.05, 0) is 18.9 Å². The molecule has 5 rings (SSSR count). The number of nitrogens with zero attached hydrogens (tertiary/aromatic N) is 4. The van der Waals surface area contributed by atoms with Gasteiger partial charge in [0.05, 0.1) is 23.1 Å². The second kappa shape index (κ2) is 8.58. The third kappa shape index (κ3) is 3.56. The van der Waals surface area contributed by atoms with Crippen LogP contribution < -0.4 is 10.9 Å². The molecule has 2 aromatic heterocycles. The van der Waals surface area contributed by atoms with Crippen molar-refractivity contribution in [3.63, 3.8) is 0 Å². The number of pyridine rings is 1. The minimum atomic E-state index is -2.93. The van der Waals surface area contributed by atoms with E-state index < -0.39 is 23.4 Å². The number of amides is 1. The topological polar surface area (TPSA) is 89.3 Å². The zero-order valence-electron chi connectivity index (χ0n) is 20.1. The van der Waals surface area contributed by atoms with E-state index in [1.54, 1.807) is 25.1 Å². The van der Waals surface area contributed by atoms with Crippen molar-refractivity contribution in [1.29, 1.82) is 0 Å². The molecule has 36 heavy (non-hydrogen) atoms. The fourth-order valence-corrected chi connectivity index (χ4v) is 5.47. The number of likely N-dealkylation sites (tertiary alicyclic amines) is 1. The van der Waals surface area contributed by atoms with Crippen LogP contribution in [0.25, 0.3) is 11.0 Å². The number of ether oxygens (including phenoxy) is 1. The van der Waals surface area contributed by atoms with Crippen LogP contribution in [0.5, 0.6) is 0 Å². The summed E-state index contributed by atoms with van der Waals surface area (Å²) in [7, 11) is 3.14. The Bertz CT molecular complexity index is 1420. The lowest BCUT2D eigenvalue weighted by Crippen LogP contribution is -2.44. The number of aryl methyl sites for hydroxylation is 1. The predicted octanol–water partition coefficient (Wildman–Crippen LogP) is 3.50. The highest BCUT2D eigenvalue weighted by Gasteiger charge is 2.67. The van der Waals surface area contributed by atoms with E-state index in [9.17, 15) is 22.8 Å². The van der Waals surface area contributed by atoms with Gasteiger partial charge >= 0.3 is 0 Å². The van der Waals surface area contributed by atoms with Crippen molar-refractivity contribution in [2.75, 3.05) is 25.5 Å². The molecule has 0 radical (unpaired) electrons. The van der Waals surface area contributed by atoms with Crippen molar-refractivity contribution in [3.05, 3.63) is 63.5 Å². The van der Waals surface area contributed by atoms with Crippen LogP contribution in [0.1, 0.15) is 42.9 Å². The van der Waals surface area contributed by atoms with Gasteiger partial charge in [0, 0.05) is 45.1 Å². The molecule has 1 aromatic carbocycles. The maximum atomic E-state index is 14.6. The van der Waals surface area contributed by atoms with Crippen LogP contribution in [0.3, 0.4) is 0 Å². The Morgan fingerprint density at radius 2 is 2.00 bits per heavy atom. The quantitative estimate of drug-likeness (QED) is 0.556. The summed E-state index contributed by atoms with van der Waals surface area (Å²) >= 11 is 0. The van der Waals surface area contributed by atoms with E-state index in [1.807, 2.05) is 0 Å². The second-order valence-corrected chi connectivity index (χ2v) is 9.54. The predicted molar refractivity (Wildman–Crippen MR) is 126 cm³/mol. The largest absolute Gasteiger partial charge is 0.371 e. The molecule has 2 fully saturated rings. The first-order valence-corrected chi connectivity index (χ1v) is 11.6. The maximum absolute atomic E-state index is 14.6. The number of hydrogen-bond donors (Lipinski definition) is 1. The number of nitrogens with one attached hydrogen (secondary N) is 1. The number of methoxy groups -OCH3 is 1. The summed E-state index contributed by atoms with van der Waals surface area (Å²) in [6, 6.07) is 5.53. The number of fused-ring (bicyclic) bond motifs is 1. The van der Waals surface area contributed by atoms with Gasteiger partial charge in [-0.3, -0.25) is 14.2 Å². The van der Waals surface area contributed by atoms with Gasteiger partial charge < -0.3 is 15.0 Å². The van der Waals surface area contributed by atoms with Gasteiger partial charge in [0.2, 0.25) is 5.91 Å². The van der Waals surface area contributed by atoms with Crippen molar-refractivity contribution in [2.24, 2.45) is 12.5 Å². The van der Waals surface area contributed by atoms with Crippen molar-refractivity contribution >= 4 is 22.8 Å². The lowest BCUT2D eigenvalue weighted by atomic mass is 9.81. The molecule has 1 N–H and O–H groups in total. The third-order valence-corrected chi connectivity index (χ3v) is 7.64. The molecule has 1 aliphatic heterocycles. The number of aromatic nitrogens is 3. The Hall–Kier alpha value is -3.47. The van der Waals surface area contributed by atoms with Gasteiger partial charge in [-0.1, -0.05) is 18.2 Å². The number of carbonyl (C=O) groups is 1. The third-order valence-electron chi connectivity index (χ3n) is 7.64. The minimum Gasteiger partial charge on any atom is -0.371 e. The van der Waals surface area contributed by atoms with E-state index in [4.69, 9.17) is 4.74 Å².